The fourth-order valence-corrected chi connectivity index (χ4v) is 8.08. The largest absolute Gasteiger partial charge is 0.332 e. The summed E-state index contributed by atoms with van der Waals surface area (Å²) in [6, 6.07) is 40.3. The van der Waals surface area contributed by atoms with E-state index in [0.29, 0.717) is 21.6 Å². The fraction of sp³-hybridized carbons (Fsp3) is 0.139. The summed E-state index contributed by atoms with van der Waals surface area (Å²) in [5.74, 6) is 0.261. The molecule has 2 atom stereocenters. The summed E-state index contributed by atoms with van der Waals surface area (Å²) in [7, 11) is 0. The number of nitrogens with zero attached hydrogens (tertiary/aromatic N) is 1. The van der Waals surface area contributed by atoms with Gasteiger partial charge in [-0.2, -0.15) is 5.26 Å². The van der Waals surface area contributed by atoms with Crippen LogP contribution in [0.2, 0.25) is 0 Å². The minimum atomic E-state index is -0.524. The van der Waals surface area contributed by atoms with Crippen LogP contribution in [0.3, 0.4) is 0 Å². The lowest BCUT2D eigenvalue weighted by Crippen LogP contribution is -2.19. The van der Waals surface area contributed by atoms with Gasteiger partial charge in [0.2, 0.25) is 5.91 Å². The highest BCUT2D eigenvalue weighted by atomic mass is 32.2. The standard InChI is InChI=1S/C36H30N4OS3/c37-23-31-30-20-19-26(24-11-4-1-5-12-24)21-32(30)44-35(31)40-34(41)33(25-13-6-2-7-14-25)43-29-18-10-17-28(22-29)39-36(42)38-27-15-8-3-9-16-27/h1-18,22,26,33H,19-21H2,(H,40,41)(H2,38,39,42). The summed E-state index contributed by atoms with van der Waals surface area (Å²) >= 11 is 8.53. The lowest BCUT2D eigenvalue weighted by molar-refractivity contribution is -0.115. The highest BCUT2D eigenvalue weighted by molar-refractivity contribution is 8.00. The number of nitriles is 1. The lowest BCUT2D eigenvalue weighted by atomic mass is 9.83. The number of hydrogen-bond donors (Lipinski definition) is 3. The molecule has 1 aromatic heterocycles. The Morgan fingerprint density at radius 2 is 1.52 bits per heavy atom. The second-order valence-corrected chi connectivity index (χ2v) is 13.2. The number of benzene rings is 4. The molecule has 6 rings (SSSR count). The quantitative estimate of drug-likeness (QED) is 0.117. The maximum absolute atomic E-state index is 14.0. The van der Waals surface area contributed by atoms with E-state index < -0.39 is 5.25 Å². The van der Waals surface area contributed by atoms with Gasteiger partial charge in [-0.15, -0.1) is 23.1 Å². The summed E-state index contributed by atoms with van der Waals surface area (Å²) in [5.41, 5.74) is 5.62. The number of fused-ring (bicyclic) bond motifs is 1. The van der Waals surface area contributed by atoms with E-state index in [9.17, 15) is 10.1 Å². The molecule has 44 heavy (non-hydrogen) atoms. The average Bonchev–Trinajstić information content (AvgIpc) is 3.41. The molecular weight excluding hydrogens is 601 g/mol. The first-order valence-electron chi connectivity index (χ1n) is 14.4. The van der Waals surface area contributed by atoms with Crippen LogP contribution >= 0.6 is 35.3 Å². The monoisotopic (exact) mass is 630 g/mol. The molecule has 1 amide bonds. The smallest absolute Gasteiger partial charge is 0.243 e. The Bertz CT molecular complexity index is 1800. The van der Waals surface area contributed by atoms with E-state index in [2.05, 4.69) is 46.3 Å². The van der Waals surface area contributed by atoms with E-state index in [1.54, 1.807) is 11.3 Å². The van der Waals surface area contributed by atoms with Crippen molar-refractivity contribution in [2.24, 2.45) is 0 Å². The van der Waals surface area contributed by atoms with Gasteiger partial charge >= 0.3 is 0 Å². The molecule has 5 aromatic rings. The molecule has 0 aliphatic heterocycles. The molecule has 0 saturated heterocycles. The molecule has 8 heteroatoms. The Morgan fingerprint density at radius 3 is 2.25 bits per heavy atom. The van der Waals surface area contributed by atoms with Gasteiger partial charge < -0.3 is 16.0 Å². The first kappa shape index (κ1) is 29.6. The van der Waals surface area contributed by atoms with Gasteiger partial charge in [-0.05, 0) is 84.4 Å². The zero-order valence-corrected chi connectivity index (χ0v) is 26.3. The normalized spacial score (nSPS) is 14.5. The van der Waals surface area contributed by atoms with Crippen molar-refractivity contribution in [1.29, 1.82) is 5.26 Å². The molecule has 1 aliphatic rings. The van der Waals surface area contributed by atoms with Crippen LogP contribution in [0, 0.1) is 11.3 Å². The van der Waals surface area contributed by atoms with Crippen molar-refractivity contribution in [2.75, 3.05) is 16.0 Å². The summed E-state index contributed by atoms with van der Waals surface area (Å²) in [6.45, 7) is 0. The summed E-state index contributed by atoms with van der Waals surface area (Å²) < 4.78 is 0. The molecule has 3 N–H and O–H groups in total. The molecule has 218 valence electrons. The van der Waals surface area contributed by atoms with Crippen LogP contribution < -0.4 is 16.0 Å². The van der Waals surface area contributed by atoms with Gasteiger partial charge in [-0.3, -0.25) is 4.79 Å². The highest BCUT2D eigenvalue weighted by Gasteiger charge is 2.29. The van der Waals surface area contributed by atoms with Gasteiger partial charge in [-0.1, -0.05) is 84.9 Å². The van der Waals surface area contributed by atoms with Crippen LogP contribution in [0.5, 0.6) is 0 Å². The van der Waals surface area contributed by atoms with Crippen LogP contribution in [0.15, 0.2) is 120 Å². The van der Waals surface area contributed by atoms with E-state index in [0.717, 1.165) is 46.7 Å². The molecule has 4 aromatic carbocycles. The predicted molar refractivity (Wildman–Crippen MR) is 187 cm³/mol. The molecule has 5 nitrogen and oxygen atoms in total. The maximum atomic E-state index is 14.0. The summed E-state index contributed by atoms with van der Waals surface area (Å²) in [4.78, 5) is 16.1. The Kier molecular flexibility index (Phi) is 9.37. The molecule has 1 heterocycles. The number of para-hydroxylation sites is 1. The van der Waals surface area contributed by atoms with E-state index in [4.69, 9.17) is 12.2 Å². The average molecular weight is 631 g/mol. The topological polar surface area (TPSA) is 77.0 Å². The molecule has 0 fully saturated rings. The van der Waals surface area contributed by atoms with Crippen molar-refractivity contribution < 1.29 is 4.79 Å². The number of rotatable bonds is 8. The van der Waals surface area contributed by atoms with Crippen LogP contribution in [0.4, 0.5) is 16.4 Å². The van der Waals surface area contributed by atoms with Crippen LogP contribution in [-0.2, 0) is 17.6 Å². The van der Waals surface area contributed by atoms with E-state index in [-0.39, 0.29) is 5.91 Å². The van der Waals surface area contributed by atoms with Gasteiger partial charge in [0, 0.05) is 21.1 Å². The van der Waals surface area contributed by atoms with Crippen molar-refractivity contribution in [3.05, 3.63) is 142 Å². The summed E-state index contributed by atoms with van der Waals surface area (Å²) in [5, 5.41) is 20.3. The number of hydrogen-bond acceptors (Lipinski definition) is 5. The van der Waals surface area contributed by atoms with Gasteiger partial charge in [-0.25, -0.2) is 0 Å². The number of thioether (sulfide) groups is 1. The summed E-state index contributed by atoms with van der Waals surface area (Å²) in [6.07, 6.45) is 2.71. The van der Waals surface area contributed by atoms with Crippen molar-refractivity contribution in [1.82, 2.24) is 0 Å². The van der Waals surface area contributed by atoms with E-state index >= 15 is 0 Å². The molecule has 0 saturated carbocycles. The Morgan fingerprint density at radius 1 is 0.864 bits per heavy atom. The van der Waals surface area contributed by atoms with Crippen LogP contribution in [-0.4, -0.2) is 11.0 Å². The van der Waals surface area contributed by atoms with Crippen molar-refractivity contribution in [3.8, 4) is 6.07 Å². The highest BCUT2D eigenvalue weighted by Crippen LogP contribution is 2.43. The first-order valence-corrected chi connectivity index (χ1v) is 16.5. The third kappa shape index (κ3) is 7.03. The molecule has 0 spiro atoms. The number of anilines is 3. The van der Waals surface area contributed by atoms with Crippen molar-refractivity contribution >= 4 is 62.7 Å². The number of amides is 1. The zero-order valence-electron chi connectivity index (χ0n) is 23.8. The zero-order chi connectivity index (χ0) is 30.3. The van der Waals surface area contributed by atoms with Gasteiger partial charge in [0.05, 0.1) is 5.56 Å². The molecule has 0 bridgehead atoms. The number of carbonyl (C=O) groups excluding carboxylic acids is 1. The minimum absolute atomic E-state index is 0.157. The molecular formula is C36H30N4OS3. The van der Waals surface area contributed by atoms with Crippen LogP contribution in [0.25, 0.3) is 0 Å². The van der Waals surface area contributed by atoms with E-state index in [1.807, 2.05) is 91.0 Å². The second kappa shape index (κ2) is 13.9. The first-order chi connectivity index (χ1) is 21.6. The second-order valence-electron chi connectivity index (χ2n) is 10.5. The Labute approximate surface area is 271 Å². The number of nitrogens with one attached hydrogen (secondary N) is 3. The predicted octanol–water partition coefficient (Wildman–Crippen LogP) is 9.17. The van der Waals surface area contributed by atoms with Crippen molar-refractivity contribution in [3.63, 3.8) is 0 Å². The number of thiocarbonyl (C=S) groups is 1. The van der Waals surface area contributed by atoms with Gasteiger partial charge in [0.1, 0.15) is 16.3 Å². The Hall–Kier alpha value is -4.42. The lowest BCUT2D eigenvalue weighted by Gasteiger charge is -2.22. The molecule has 0 radical (unpaired) electrons. The third-order valence-corrected chi connectivity index (χ3v) is 10.2. The maximum Gasteiger partial charge on any atom is 0.243 e. The fourth-order valence-electron chi connectivity index (χ4n) is 5.48. The minimum Gasteiger partial charge on any atom is -0.332 e. The van der Waals surface area contributed by atoms with E-state index in [1.165, 1.54) is 22.2 Å². The third-order valence-electron chi connectivity index (χ3n) is 7.60. The van der Waals surface area contributed by atoms with Gasteiger partial charge in [0.25, 0.3) is 0 Å². The van der Waals surface area contributed by atoms with Gasteiger partial charge in [0.15, 0.2) is 5.11 Å². The number of carbonyl (C=O) groups is 1. The number of thiophene rings is 1. The molecule has 1 aliphatic carbocycles. The molecule has 2 unspecified atom stereocenters. The van der Waals surface area contributed by atoms with Crippen LogP contribution in [0.1, 0.15) is 44.7 Å². The van der Waals surface area contributed by atoms with Crippen molar-refractivity contribution in [2.45, 2.75) is 35.3 Å². The SMILES string of the molecule is N#Cc1c(NC(=O)C(Sc2cccc(NC(=S)Nc3ccccc3)c2)c2ccccc2)sc2c1CCC(c1ccccc1)C2. The Balaban J connectivity index is 1.20.